The van der Waals surface area contributed by atoms with E-state index < -0.39 is 106 Å². The van der Waals surface area contributed by atoms with Crippen LogP contribution < -0.4 is 0 Å². The maximum atomic E-state index is 13.1. The zero-order valence-electron chi connectivity index (χ0n) is 19.9. The molecule has 228 valence electrons. The standard InChI is InChI=1S/C19H26F9N3O8/c20-17(21,22)16(18(23,24)25,19(26,27)28)2-1-3-29(8-12(32)33)4-5-30(9-13(34)35)6-7-31(10-14(36)37)11-15(38)39/h1-11H2,(H,32,33)(H,34,35)(H,36,37)(H,38,39). The van der Waals surface area contributed by atoms with Crippen molar-refractivity contribution in [2.24, 2.45) is 5.41 Å². The molecule has 0 heterocycles. The van der Waals surface area contributed by atoms with Crippen molar-refractivity contribution in [3.8, 4) is 0 Å². The molecule has 4 N–H and O–H groups in total. The summed E-state index contributed by atoms with van der Waals surface area (Å²) >= 11 is 0. The van der Waals surface area contributed by atoms with E-state index in [4.69, 9.17) is 20.4 Å². The van der Waals surface area contributed by atoms with Gasteiger partial charge in [0.25, 0.3) is 5.41 Å². The highest BCUT2D eigenvalue weighted by Gasteiger charge is 2.82. The van der Waals surface area contributed by atoms with Gasteiger partial charge < -0.3 is 20.4 Å². The van der Waals surface area contributed by atoms with Crippen molar-refractivity contribution in [2.75, 3.05) is 58.9 Å². The monoisotopic (exact) mass is 595 g/mol. The van der Waals surface area contributed by atoms with E-state index >= 15 is 0 Å². The summed E-state index contributed by atoms with van der Waals surface area (Å²) in [6, 6.07) is 0. The third-order valence-electron chi connectivity index (χ3n) is 5.38. The van der Waals surface area contributed by atoms with Gasteiger partial charge in [-0.05, 0) is 19.4 Å². The lowest BCUT2D eigenvalue weighted by Crippen LogP contribution is -2.59. The van der Waals surface area contributed by atoms with Crippen molar-refractivity contribution in [3.63, 3.8) is 0 Å². The first kappa shape index (κ1) is 36.1. The molecule has 0 radical (unpaired) electrons. The molecule has 0 aliphatic heterocycles. The van der Waals surface area contributed by atoms with Crippen molar-refractivity contribution < 1.29 is 79.1 Å². The van der Waals surface area contributed by atoms with Gasteiger partial charge in [-0.15, -0.1) is 0 Å². The van der Waals surface area contributed by atoms with Crippen LogP contribution in [0.3, 0.4) is 0 Å². The fourth-order valence-electron chi connectivity index (χ4n) is 3.56. The van der Waals surface area contributed by atoms with Crippen LogP contribution in [0.5, 0.6) is 0 Å². The average Bonchev–Trinajstić information content (AvgIpc) is 2.67. The van der Waals surface area contributed by atoms with E-state index in [0.717, 1.165) is 9.80 Å². The van der Waals surface area contributed by atoms with Crippen molar-refractivity contribution in [2.45, 2.75) is 31.4 Å². The molecule has 0 bridgehead atoms. The summed E-state index contributed by atoms with van der Waals surface area (Å²) in [5, 5.41) is 35.7. The number of halogens is 9. The average molecular weight is 595 g/mol. The lowest BCUT2D eigenvalue weighted by Gasteiger charge is -2.39. The second-order valence-electron chi connectivity index (χ2n) is 8.34. The van der Waals surface area contributed by atoms with Crippen molar-refractivity contribution in [1.82, 2.24) is 14.7 Å². The molecule has 0 amide bonds. The first-order valence-electron chi connectivity index (χ1n) is 10.8. The molecule has 0 aromatic carbocycles. The molecule has 39 heavy (non-hydrogen) atoms. The van der Waals surface area contributed by atoms with Gasteiger partial charge in [0, 0.05) is 26.2 Å². The summed E-state index contributed by atoms with van der Waals surface area (Å²) in [5.41, 5.74) is -6.06. The Morgan fingerprint density at radius 2 is 0.718 bits per heavy atom. The van der Waals surface area contributed by atoms with Gasteiger partial charge in [-0.2, -0.15) is 39.5 Å². The molecule has 0 aliphatic rings. The molecule has 0 atom stereocenters. The van der Waals surface area contributed by atoms with E-state index in [-0.39, 0.29) is 13.1 Å². The summed E-state index contributed by atoms with van der Waals surface area (Å²) in [5.74, 6) is -5.92. The number of carboxylic acid groups (broad SMARTS) is 4. The molecule has 0 rings (SSSR count). The summed E-state index contributed by atoms with van der Waals surface area (Å²) in [4.78, 5) is 46.6. The second-order valence-corrected chi connectivity index (χ2v) is 8.34. The Balaban J connectivity index is 5.60. The van der Waals surface area contributed by atoms with Gasteiger partial charge in [0.05, 0.1) is 26.2 Å². The quantitative estimate of drug-likeness (QED) is 0.171. The van der Waals surface area contributed by atoms with E-state index in [1.54, 1.807) is 0 Å². The highest BCUT2D eigenvalue weighted by atomic mass is 19.4. The van der Waals surface area contributed by atoms with Gasteiger partial charge in [-0.3, -0.25) is 33.9 Å². The summed E-state index contributed by atoms with van der Waals surface area (Å²) in [7, 11) is 0. The summed E-state index contributed by atoms with van der Waals surface area (Å²) in [6.07, 6.45) is -24.2. The molecule has 0 aromatic rings. The van der Waals surface area contributed by atoms with E-state index in [1.165, 1.54) is 0 Å². The number of aliphatic carboxylic acids is 4. The molecule has 11 nitrogen and oxygen atoms in total. The number of carboxylic acids is 4. The normalized spacial score (nSPS) is 13.3. The summed E-state index contributed by atoms with van der Waals surface area (Å²) < 4.78 is 118. The molecule has 0 saturated heterocycles. The van der Waals surface area contributed by atoms with Crippen LogP contribution in [-0.2, 0) is 19.2 Å². The molecule has 20 heteroatoms. The summed E-state index contributed by atoms with van der Waals surface area (Å²) in [6.45, 7) is -5.86. The predicted molar refractivity (Wildman–Crippen MR) is 110 cm³/mol. The van der Waals surface area contributed by atoms with Gasteiger partial charge in [-0.25, -0.2) is 0 Å². The van der Waals surface area contributed by atoms with E-state index in [9.17, 15) is 58.7 Å². The zero-order valence-corrected chi connectivity index (χ0v) is 19.9. The molecule has 0 aliphatic carbocycles. The van der Waals surface area contributed by atoms with Crippen LogP contribution in [0.15, 0.2) is 0 Å². The maximum Gasteiger partial charge on any atom is 0.412 e. The Hall–Kier alpha value is -2.87. The van der Waals surface area contributed by atoms with Crippen LogP contribution in [0.1, 0.15) is 12.8 Å². The molecule has 0 aromatic heterocycles. The predicted octanol–water partition coefficient (Wildman–Crippen LogP) is 1.68. The minimum absolute atomic E-state index is 0.312. The Labute approximate surface area is 214 Å². The minimum atomic E-state index is -6.77. The first-order valence-corrected chi connectivity index (χ1v) is 10.8. The zero-order chi connectivity index (χ0) is 30.8. The van der Waals surface area contributed by atoms with Crippen molar-refractivity contribution in [1.29, 1.82) is 0 Å². The molecule has 0 spiro atoms. The SMILES string of the molecule is O=C(O)CN(CCCC(C(F)(F)F)(C(F)(F)F)C(F)(F)F)CCN(CCN(CC(=O)O)CC(=O)O)CC(=O)O. The number of carbonyl (C=O) groups is 4. The Morgan fingerprint density at radius 1 is 0.462 bits per heavy atom. The van der Waals surface area contributed by atoms with Crippen LogP contribution in [0, 0.1) is 5.41 Å². The highest BCUT2D eigenvalue weighted by molar-refractivity contribution is 5.72. The number of rotatable bonds is 18. The third-order valence-corrected chi connectivity index (χ3v) is 5.38. The fourth-order valence-corrected chi connectivity index (χ4v) is 3.56. The third kappa shape index (κ3) is 11.8. The largest absolute Gasteiger partial charge is 0.480 e. The van der Waals surface area contributed by atoms with Crippen molar-refractivity contribution in [3.05, 3.63) is 0 Å². The number of hydrogen-bond acceptors (Lipinski definition) is 7. The second kappa shape index (κ2) is 14.5. The van der Waals surface area contributed by atoms with Gasteiger partial charge >= 0.3 is 42.4 Å². The maximum absolute atomic E-state index is 13.1. The smallest absolute Gasteiger partial charge is 0.412 e. The van der Waals surface area contributed by atoms with Gasteiger partial charge in [0.15, 0.2) is 0 Å². The van der Waals surface area contributed by atoms with Gasteiger partial charge in [0.1, 0.15) is 0 Å². The number of alkyl halides is 9. The topological polar surface area (TPSA) is 159 Å². The Morgan fingerprint density at radius 3 is 1.00 bits per heavy atom. The van der Waals surface area contributed by atoms with Crippen molar-refractivity contribution >= 4 is 23.9 Å². The highest BCUT2D eigenvalue weighted by Crippen LogP contribution is 2.61. The first-order chi connectivity index (χ1) is 17.5. The van der Waals surface area contributed by atoms with Gasteiger partial charge in [0.2, 0.25) is 0 Å². The van der Waals surface area contributed by atoms with E-state index in [1.807, 2.05) is 0 Å². The number of nitrogens with zero attached hydrogens (tertiary/aromatic N) is 3. The van der Waals surface area contributed by atoms with Crippen LogP contribution in [-0.4, -0.2) is 136 Å². The van der Waals surface area contributed by atoms with Crippen LogP contribution in [0.2, 0.25) is 0 Å². The van der Waals surface area contributed by atoms with Gasteiger partial charge in [-0.1, -0.05) is 0 Å². The van der Waals surface area contributed by atoms with Crippen LogP contribution >= 0.6 is 0 Å². The fraction of sp³-hybridized carbons (Fsp3) is 0.789. The molecular weight excluding hydrogens is 569 g/mol. The van der Waals surface area contributed by atoms with Crippen LogP contribution in [0.25, 0.3) is 0 Å². The molecule has 0 fully saturated rings. The molecule has 0 unspecified atom stereocenters. The molecular formula is C19H26F9N3O8. The number of hydrogen-bond donors (Lipinski definition) is 4. The lowest BCUT2D eigenvalue weighted by molar-refractivity contribution is -0.429. The lowest BCUT2D eigenvalue weighted by atomic mass is 9.80. The van der Waals surface area contributed by atoms with Crippen LogP contribution in [0.4, 0.5) is 39.5 Å². The van der Waals surface area contributed by atoms with E-state index in [0.29, 0.717) is 4.90 Å². The minimum Gasteiger partial charge on any atom is -0.480 e. The Kier molecular flexibility index (Phi) is 13.4. The Bertz CT molecular complexity index is 797. The molecule has 0 saturated carbocycles. The van der Waals surface area contributed by atoms with E-state index in [2.05, 4.69) is 0 Å².